The Morgan fingerprint density at radius 2 is 2.05 bits per heavy atom. The lowest BCUT2D eigenvalue weighted by atomic mass is 9.89. The summed E-state index contributed by atoms with van der Waals surface area (Å²) in [6, 6.07) is 0.565. The molecule has 1 N–H and O–H groups in total. The second-order valence-electron chi connectivity index (χ2n) is 5.87. The Bertz CT molecular complexity index is 582. The van der Waals surface area contributed by atoms with Gasteiger partial charge in [-0.3, -0.25) is 4.68 Å². The largest absolute Gasteiger partial charge is 0.314 e. The van der Waals surface area contributed by atoms with E-state index in [-0.39, 0.29) is 10.0 Å². The first kappa shape index (κ1) is 15.3. The normalized spacial score (nSPS) is 25.5. The van der Waals surface area contributed by atoms with Crippen LogP contribution in [0.2, 0.25) is 5.02 Å². The number of nitrogens with one attached hydrogen (secondary N) is 1. The number of aromatic nitrogens is 2. The number of rotatable bonds is 3. The Labute approximate surface area is 130 Å². The van der Waals surface area contributed by atoms with Gasteiger partial charge >= 0.3 is 0 Å². The number of nitrogens with zero attached hydrogens (tertiary/aromatic N) is 3. The van der Waals surface area contributed by atoms with Gasteiger partial charge in [-0.1, -0.05) is 11.6 Å². The number of halogens is 1. The fraction of sp³-hybridized carbons (Fsp3) is 0.769. The van der Waals surface area contributed by atoms with Gasteiger partial charge in [-0.05, 0) is 38.1 Å². The highest BCUT2D eigenvalue weighted by atomic mass is 35.5. The summed E-state index contributed by atoms with van der Waals surface area (Å²) in [5.41, 5.74) is 0. The van der Waals surface area contributed by atoms with Gasteiger partial charge in [-0.15, -0.1) is 0 Å². The average Bonchev–Trinajstić information content (AvgIpc) is 3.09. The third-order valence-corrected chi connectivity index (χ3v) is 7.00. The molecular weight excluding hydrogens is 312 g/mol. The summed E-state index contributed by atoms with van der Waals surface area (Å²) >= 11 is 5.98. The molecule has 0 aromatic carbocycles. The summed E-state index contributed by atoms with van der Waals surface area (Å²) in [5.74, 6) is 0.584. The summed E-state index contributed by atoms with van der Waals surface area (Å²) in [4.78, 5) is 0. The van der Waals surface area contributed by atoms with Gasteiger partial charge in [-0.2, -0.15) is 9.40 Å². The van der Waals surface area contributed by atoms with E-state index >= 15 is 0 Å². The molecule has 2 aliphatic heterocycles. The number of hydrogen-bond donors (Lipinski definition) is 1. The quantitative estimate of drug-likeness (QED) is 0.904. The van der Waals surface area contributed by atoms with E-state index in [4.69, 9.17) is 11.6 Å². The lowest BCUT2D eigenvalue weighted by Gasteiger charge is -2.34. The molecule has 2 fully saturated rings. The molecule has 0 bridgehead atoms. The first-order valence-electron chi connectivity index (χ1n) is 7.41. The minimum absolute atomic E-state index is 0.0987. The standard InChI is InChI=1S/C13H21ClN4O2S/c1-17-13(11(14)9-16-17)21(19,20)18-7-4-10(5-8-18)12-3-2-6-15-12/h9-10,12,15H,2-8H2,1H3. The van der Waals surface area contributed by atoms with Crippen molar-refractivity contribution in [1.29, 1.82) is 0 Å². The molecule has 2 saturated heterocycles. The second-order valence-corrected chi connectivity index (χ2v) is 8.13. The number of piperidine rings is 1. The molecule has 0 amide bonds. The van der Waals surface area contributed by atoms with Crippen LogP contribution in [-0.4, -0.2) is 48.2 Å². The molecule has 6 nitrogen and oxygen atoms in total. The van der Waals surface area contributed by atoms with Crippen molar-refractivity contribution in [2.45, 2.75) is 36.8 Å². The van der Waals surface area contributed by atoms with Gasteiger partial charge in [0.2, 0.25) is 0 Å². The highest BCUT2D eigenvalue weighted by molar-refractivity contribution is 7.89. The molecule has 1 aromatic rings. The highest BCUT2D eigenvalue weighted by Crippen LogP contribution is 2.30. The Morgan fingerprint density at radius 1 is 1.33 bits per heavy atom. The average molecular weight is 333 g/mol. The summed E-state index contributed by atoms with van der Waals surface area (Å²) in [5, 5.41) is 7.74. The van der Waals surface area contributed by atoms with Crippen molar-refractivity contribution in [2.24, 2.45) is 13.0 Å². The van der Waals surface area contributed by atoms with Crippen LogP contribution in [0, 0.1) is 5.92 Å². The fourth-order valence-corrected chi connectivity index (χ4v) is 5.52. The molecule has 21 heavy (non-hydrogen) atoms. The summed E-state index contributed by atoms with van der Waals surface area (Å²) < 4.78 is 28.2. The predicted octanol–water partition coefficient (Wildman–Crippen LogP) is 1.23. The Morgan fingerprint density at radius 3 is 2.57 bits per heavy atom. The van der Waals surface area contributed by atoms with Crippen molar-refractivity contribution in [2.75, 3.05) is 19.6 Å². The maximum Gasteiger partial charge on any atom is 0.261 e. The smallest absolute Gasteiger partial charge is 0.261 e. The maximum atomic E-state index is 12.7. The zero-order chi connectivity index (χ0) is 15.0. The van der Waals surface area contributed by atoms with Crippen LogP contribution in [0.4, 0.5) is 0 Å². The van der Waals surface area contributed by atoms with Crippen LogP contribution in [0.1, 0.15) is 25.7 Å². The van der Waals surface area contributed by atoms with Gasteiger partial charge in [-0.25, -0.2) is 8.42 Å². The molecule has 8 heteroatoms. The molecule has 3 heterocycles. The van der Waals surface area contributed by atoms with Crippen LogP contribution in [0.3, 0.4) is 0 Å². The van der Waals surface area contributed by atoms with Crippen molar-refractivity contribution >= 4 is 21.6 Å². The van der Waals surface area contributed by atoms with Crippen molar-refractivity contribution in [1.82, 2.24) is 19.4 Å². The first-order chi connectivity index (χ1) is 10.00. The minimum atomic E-state index is -3.55. The van der Waals surface area contributed by atoms with E-state index in [0.717, 1.165) is 19.4 Å². The van der Waals surface area contributed by atoms with E-state index in [1.807, 2.05) is 0 Å². The molecule has 0 spiro atoms. The van der Waals surface area contributed by atoms with Crippen LogP contribution in [0.15, 0.2) is 11.2 Å². The van der Waals surface area contributed by atoms with Crippen molar-refractivity contribution < 1.29 is 8.42 Å². The van der Waals surface area contributed by atoms with Crippen LogP contribution in [0.25, 0.3) is 0 Å². The van der Waals surface area contributed by atoms with Crippen molar-refractivity contribution in [3.05, 3.63) is 11.2 Å². The van der Waals surface area contributed by atoms with Gasteiger partial charge in [0.15, 0.2) is 5.03 Å². The zero-order valence-corrected chi connectivity index (χ0v) is 13.7. The number of hydrogen-bond acceptors (Lipinski definition) is 4. The number of sulfonamides is 1. The molecule has 1 aromatic heterocycles. The molecule has 118 valence electrons. The van der Waals surface area contributed by atoms with Gasteiger partial charge in [0, 0.05) is 26.2 Å². The molecule has 2 aliphatic rings. The Hall–Kier alpha value is -0.630. The topological polar surface area (TPSA) is 67.2 Å². The Balaban J connectivity index is 1.71. The molecule has 1 unspecified atom stereocenters. The molecule has 3 rings (SSSR count). The summed E-state index contributed by atoms with van der Waals surface area (Å²) in [6.45, 7) is 2.22. The molecular formula is C13H21ClN4O2S. The third kappa shape index (κ3) is 2.84. The zero-order valence-electron chi connectivity index (χ0n) is 12.1. The van der Waals surface area contributed by atoms with E-state index in [2.05, 4.69) is 10.4 Å². The molecule has 0 aliphatic carbocycles. The van der Waals surface area contributed by atoms with E-state index in [0.29, 0.717) is 25.0 Å². The van der Waals surface area contributed by atoms with Gasteiger partial charge in [0.25, 0.3) is 10.0 Å². The van der Waals surface area contributed by atoms with Crippen LogP contribution >= 0.6 is 11.6 Å². The van der Waals surface area contributed by atoms with Crippen LogP contribution in [0.5, 0.6) is 0 Å². The van der Waals surface area contributed by atoms with Crippen LogP contribution < -0.4 is 5.32 Å². The monoisotopic (exact) mass is 332 g/mol. The maximum absolute atomic E-state index is 12.7. The fourth-order valence-electron chi connectivity index (χ4n) is 3.44. The van der Waals surface area contributed by atoms with E-state index in [1.54, 1.807) is 11.4 Å². The van der Waals surface area contributed by atoms with Crippen molar-refractivity contribution in [3.8, 4) is 0 Å². The van der Waals surface area contributed by atoms with Gasteiger partial charge < -0.3 is 5.32 Å². The number of aryl methyl sites for hydroxylation is 1. The second kappa shape index (κ2) is 5.87. The summed E-state index contributed by atoms with van der Waals surface area (Å²) in [6.07, 6.45) is 5.64. The highest BCUT2D eigenvalue weighted by Gasteiger charge is 2.35. The minimum Gasteiger partial charge on any atom is -0.314 e. The van der Waals surface area contributed by atoms with Gasteiger partial charge in [0.05, 0.1) is 11.2 Å². The van der Waals surface area contributed by atoms with E-state index in [1.165, 1.54) is 23.7 Å². The third-order valence-electron chi connectivity index (χ3n) is 4.59. The molecule has 0 radical (unpaired) electrons. The van der Waals surface area contributed by atoms with E-state index in [9.17, 15) is 8.42 Å². The van der Waals surface area contributed by atoms with E-state index < -0.39 is 10.0 Å². The van der Waals surface area contributed by atoms with Crippen LogP contribution in [-0.2, 0) is 17.1 Å². The predicted molar refractivity (Wildman–Crippen MR) is 80.7 cm³/mol. The Kier molecular flexibility index (Phi) is 4.27. The summed E-state index contributed by atoms with van der Waals surface area (Å²) in [7, 11) is -1.94. The molecule has 0 saturated carbocycles. The van der Waals surface area contributed by atoms with Gasteiger partial charge in [0.1, 0.15) is 0 Å². The van der Waals surface area contributed by atoms with Crippen molar-refractivity contribution in [3.63, 3.8) is 0 Å². The first-order valence-corrected chi connectivity index (χ1v) is 9.23. The molecule has 1 atom stereocenters. The lowest BCUT2D eigenvalue weighted by Crippen LogP contribution is -2.43. The lowest BCUT2D eigenvalue weighted by molar-refractivity contribution is 0.233. The SMILES string of the molecule is Cn1ncc(Cl)c1S(=O)(=O)N1CCC(C2CCCN2)CC1.